The van der Waals surface area contributed by atoms with Crippen LogP contribution >= 0.6 is 0 Å². The van der Waals surface area contributed by atoms with Crippen LogP contribution in [0.25, 0.3) is 0 Å². The summed E-state index contributed by atoms with van der Waals surface area (Å²) in [5.41, 5.74) is 0. The van der Waals surface area contributed by atoms with Crippen molar-refractivity contribution in [3.63, 3.8) is 0 Å². The molecular weight excluding hydrogens is 931 g/mol. The van der Waals surface area contributed by atoms with Crippen LogP contribution in [0.2, 0.25) is 0 Å². The molecule has 1 fully saturated rings. The lowest BCUT2D eigenvalue weighted by atomic mass is 9.99. The van der Waals surface area contributed by atoms with Crippen LogP contribution in [0.15, 0.2) is 12.2 Å². The second-order valence-corrected chi connectivity index (χ2v) is 22.7. The summed E-state index contributed by atoms with van der Waals surface area (Å²) < 4.78 is 47.9. The zero-order chi connectivity index (χ0) is 52.6. The molecule has 0 bridgehead atoms. The number of rotatable bonds is 54. The van der Waals surface area contributed by atoms with Crippen LogP contribution in [0.5, 0.6) is 0 Å². The monoisotopic (exact) mass is 1050 g/mol. The maximum atomic E-state index is 13.1. The van der Waals surface area contributed by atoms with Crippen LogP contribution in [-0.4, -0.2) is 95.4 Å². The molecule has 72 heavy (non-hydrogen) atoms. The Bertz CT molecular complexity index is 1320. The van der Waals surface area contributed by atoms with Crippen molar-refractivity contribution in [2.75, 3.05) is 13.2 Å². The van der Waals surface area contributed by atoms with E-state index in [1.165, 1.54) is 238 Å². The highest BCUT2D eigenvalue weighted by molar-refractivity contribution is 7.80. The van der Waals surface area contributed by atoms with Gasteiger partial charge in [-0.2, -0.15) is 8.42 Å². The van der Waals surface area contributed by atoms with Gasteiger partial charge >= 0.3 is 10.4 Å². The molecule has 428 valence electrons. The van der Waals surface area contributed by atoms with E-state index in [2.05, 4.69) is 23.3 Å². The van der Waals surface area contributed by atoms with E-state index < -0.39 is 59.9 Å². The summed E-state index contributed by atoms with van der Waals surface area (Å²) in [6.45, 7) is 3.44. The van der Waals surface area contributed by atoms with E-state index >= 15 is 0 Å². The molecule has 13 heteroatoms. The molecule has 7 unspecified atom stereocenters. The fraction of sp³-hybridized carbons (Fsp3) is 0.949. The van der Waals surface area contributed by atoms with Gasteiger partial charge in [-0.25, -0.2) is 4.18 Å². The third kappa shape index (κ3) is 41.1. The smallest absolute Gasteiger partial charge is 0.394 e. The van der Waals surface area contributed by atoms with Crippen molar-refractivity contribution >= 4 is 16.3 Å². The van der Waals surface area contributed by atoms with Crippen molar-refractivity contribution in [3.05, 3.63) is 12.2 Å². The summed E-state index contributed by atoms with van der Waals surface area (Å²) in [4.78, 5) is 13.1. The average Bonchev–Trinajstić information content (AvgIpc) is 3.36. The molecule has 0 spiro atoms. The standard InChI is InChI=1S/C59H115NO11S/c1-3-5-7-9-11-13-15-17-19-21-22-23-24-25-26-27-28-29-30-31-32-33-35-37-39-41-43-45-47-49-55(63)60-52(51-69-59-57(65)58(71-72(66,67)68)56(64)54(50-61)70-59)53(62)48-46-44-42-40-38-36-34-20-18-16-14-12-10-8-6-4-2/h46,48,52-54,56-59,61-62,64-65H,3-45,47,49-51H2,1-2H3,(H,60,63)(H,66,67,68)/b48-46+. The molecule has 1 aliphatic heterocycles. The number of allylic oxidation sites excluding steroid dienone is 1. The molecule has 1 aliphatic rings. The van der Waals surface area contributed by atoms with E-state index in [0.29, 0.717) is 6.42 Å². The number of amides is 1. The number of ether oxygens (including phenoxy) is 2. The highest BCUT2D eigenvalue weighted by atomic mass is 32.3. The second-order valence-electron chi connectivity index (χ2n) is 21.7. The predicted octanol–water partition coefficient (Wildman–Crippen LogP) is 14.6. The van der Waals surface area contributed by atoms with Crippen LogP contribution in [0.3, 0.4) is 0 Å². The van der Waals surface area contributed by atoms with Crippen molar-refractivity contribution in [2.24, 2.45) is 0 Å². The molecule has 0 aromatic heterocycles. The predicted molar refractivity (Wildman–Crippen MR) is 296 cm³/mol. The molecular formula is C59H115NO11S. The fourth-order valence-electron chi connectivity index (χ4n) is 10.1. The number of carbonyl (C=O) groups excluding carboxylic acids is 1. The summed E-state index contributed by atoms with van der Waals surface area (Å²) in [5, 5.41) is 45.0. The third-order valence-corrected chi connectivity index (χ3v) is 15.3. The van der Waals surface area contributed by atoms with E-state index in [-0.39, 0.29) is 18.9 Å². The minimum absolute atomic E-state index is 0.255. The zero-order valence-corrected chi connectivity index (χ0v) is 47.3. The molecule has 0 aromatic carbocycles. The highest BCUT2D eigenvalue weighted by Crippen LogP contribution is 2.26. The normalized spacial score (nSPS) is 19.3. The first kappa shape index (κ1) is 68.9. The number of hydrogen-bond acceptors (Lipinski definition) is 10. The lowest BCUT2D eigenvalue weighted by Gasteiger charge is -2.41. The van der Waals surface area contributed by atoms with Gasteiger partial charge in [-0.15, -0.1) is 0 Å². The van der Waals surface area contributed by atoms with Gasteiger partial charge in [0.1, 0.15) is 24.4 Å². The number of carbonyl (C=O) groups is 1. The van der Waals surface area contributed by atoms with Gasteiger partial charge in [-0.3, -0.25) is 9.35 Å². The van der Waals surface area contributed by atoms with Crippen LogP contribution < -0.4 is 5.32 Å². The Morgan fingerprint density at radius 1 is 0.542 bits per heavy atom. The number of aliphatic hydroxyl groups is 4. The Balaban J connectivity index is 2.27. The molecule has 0 saturated carbocycles. The first-order valence-electron chi connectivity index (χ1n) is 30.6. The number of unbranched alkanes of at least 4 members (excludes halogenated alkanes) is 42. The second kappa shape index (κ2) is 49.4. The van der Waals surface area contributed by atoms with E-state index in [4.69, 9.17) is 9.47 Å². The molecule has 0 aliphatic carbocycles. The number of nitrogens with one attached hydrogen (secondary N) is 1. The Labute approximate surface area is 442 Å². The van der Waals surface area contributed by atoms with Gasteiger partial charge in [0, 0.05) is 6.42 Å². The SMILES string of the molecule is CCCCCCCCCCCCCCCC/C=C/C(O)C(COC1OC(CO)C(O)C(OS(=O)(=O)O)C1O)NC(=O)CCCCCCCCCCCCCCCCCCCCCCCCCCCCCCC. The molecule has 0 aromatic rings. The quantitative estimate of drug-likeness (QED) is 0.0193. The van der Waals surface area contributed by atoms with E-state index in [0.717, 1.165) is 38.5 Å². The van der Waals surface area contributed by atoms with Gasteiger partial charge in [0.25, 0.3) is 0 Å². The Morgan fingerprint density at radius 2 is 0.875 bits per heavy atom. The summed E-state index contributed by atoms with van der Waals surface area (Å²) in [7, 11) is -5.09. The van der Waals surface area contributed by atoms with E-state index in [1.807, 2.05) is 6.08 Å². The first-order valence-corrected chi connectivity index (χ1v) is 31.9. The topological polar surface area (TPSA) is 192 Å². The lowest BCUT2D eigenvalue weighted by molar-refractivity contribution is -0.298. The van der Waals surface area contributed by atoms with Crippen LogP contribution in [0, 0.1) is 0 Å². The van der Waals surface area contributed by atoms with Gasteiger partial charge in [0.2, 0.25) is 5.91 Å². The summed E-state index contributed by atoms with van der Waals surface area (Å²) in [6.07, 6.45) is 51.3. The summed E-state index contributed by atoms with van der Waals surface area (Å²) in [5.74, 6) is -0.255. The molecule has 6 N–H and O–H groups in total. The maximum absolute atomic E-state index is 13.1. The molecule has 7 atom stereocenters. The van der Waals surface area contributed by atoms with Crippen LogP contribution in [0.4, 0.5) is 0 Å². The summed E-state index contributed by atoms with van der Waals surface area (Å²) in [6, 6.07) is -0.940. The Hall–Kier alpha value is -1.16. The van der Waals surface area contributed by atoms with Crippen molar-refractivity contribution in [2.45, 2.75) is 346 Å². The molecule has 1 rings (SSSR count). The first-order chi connectivity index (χ1) is 35.0. The number of aliphatic hydroxyl groups excluding tert-OH is 4. The average molecular weight is 1050 g/mol. The van der Waals surface area contributed by atoms with Crippen molar-refractivity contribution in [1.29, 1.82) is 0 Å². The van der Waals surface area contributed by atoms with Crippen molar-refractivity contribution in [3.8, 4) is 0 Å². The van der Waals surface area contributed by atoms with Gasteiger partial charge in [0.15, 0.2) is 6.29 Å². The van der Waals surface area contributed by atoms with Crippen LogP contribution in [0.1, 0.15) is 303 Å². The molecule has 1 saturated heterocycles. The maximum Gasteiger partial charge on any atom is 0.397 e. The molecule has 0 radical (unpaired) electrons. The van der Waals surface area contributed by atoms with Gasteiger partial charge in [-0.1, -0.05) is 289 Å². The molecule has 1 amide bonds. The molecule has 12 nitrogen and oxygen atoms in total. The lowest BCUT2D eigenvalue weighted by Crippen LogP contribution is -2.61. The van der Waals surface area contributed by atoms with Gasteiger partial charge in [0.05, 0.1) is 25.4 Å². The number of hydrogen-bond donors (Lipinski definition) is 6. The third-order valence-electron chi connectivity index (χ3n) is 14.8. The summed E-state index contributed by atoms with van der Waals surface area (Å²) >= 11 is 0. The van der Waals surface area contributed by atoms with E-state index in [1.54, 1.807) is 6.08 Å². The molecule has 1 heterocycles. The minimum Gasteiger partial charge on any atom is -0.394 e. The van der Waals surface area contributed by atoms with Gasteiger partial charge < -0.3 is 35.2 Å². The van der Waals surface area contributed by atoms with E-state index in [9.17, 15) is 38.2 Å². The van der Waals surface area contributed by atoms with Crippen LogP contribution in [-0.2, 0) is 28.9 Å². The Kier molecular flexibility index (Phi) is 47.3. The highest BCUT2D eigenvalue weighted by Gasteiger charge is 2.48. The Morgan fingerprint density at radius 3 is 1.21 bits per heavy atom. The van der Waals surface area contributed by atoms with Gasteiger partial charge in [-0.05, 0) is 19.3 Å². The van der Waals surface area contributed by atoms with Crippen molar-refractivity contribution in [1.82, 2.24) is 5.32 Å². The fourth-order valence-corrected chi connectivity index (χ4v) is 10.6. The minimum atomic E-state index is -5.09. The largest absolute Gasteiger partial charge is 0.397 e. The van der Waals surface area contributed by atoms with Crippen molar-refractivity contribution < 1.29 is 51.8 Å². The zero-order valence-electron chi connectivity index (χ0n) is 46.5.